The standard InChI is InChI=1S/C43H61NO7/c1-9-50-36(46)31(25-28-13-11-10-12-14-28)44-37(47)42(8)33-18-21-41(7)32(39(33,5)20-19-34(42)51-27(4)45)16-15-30-35-29(26(2)3)17-22-43(35,38(48)49)24-23-40(30,41)6/h10-14,29-35H,2,9,15-25H2,1,3-8H3,(H,44,47)(H,48,49)/t29-,30+,31-,32+,33+,34+,35+,39+,40+,41+,42-,43-/m0/s1. The molecule has 6 rings (SSSR count). The first kappa shape index (κ1) is 37.6. The van der Waals surface area contributed by atoms with Crippen LogP contribution >= 0.6 is 0 Å². The molecule has 0 spiro atoms. The number of aliphatic carboxylic acids is 1. The number of rotatable bonds is 9. The third-order valence-electron chi connectivity index (χ3n) is 16.1. The zero-order chi connectivity index (χ0) is 37.1. The van der Waals surface area contributed by atoms with E-state index in [2.05, 4.69) is 39.6 Å². The number of nitrogens with one attached hydrogen (secondary N) is 1. The van der Waals surface area contributed by atoms with Gasteiger partial charge in [-0.15, -0.1) is 0 Å². The molecular formula is C43H61NO7. The van der Waals surface area contributed by atoms with Crippen LogP contribution in [0.15, 0.2) is 42.5 Å². The van der Waals surface area contributed by atoms with Crippen LogP contribution in [0.25, 0.3) is 0 Å². The normalized spacial score (nSPS) is 41.8. The first-order valence-corrected chi connectivity index (χ1v) is 19.6. The first-order valence-electron chi connectivity index (χ1n) is 19.6. The van der Waals surface area contributed by atoms with Gasteiger partial charge < -0.3 is 19.9 Å². The number of benzene rings is 1. The van der Waals surface area contributed by atoms with E-state index in [0.29, 0.717) is 31.1 Å². The topological polar surface area (TPSA) is 119 Å². The lowest BCUT2D eigenvalue weighted by Crippen LogP contribution is -2.69. The Hall–Kier alpha value is -3.16. The maximum absolute atomic E-state index is 14.9. The molecule has 0 aliphatic heterocycles. The van der Waals surface area contributed by atoms with Crippen molar-refractivity contribution in [1.82, 2.24) is 5.32 Å². The molecule has 1 aromatic carbocycles. The van der Waals surface area contributed by atoms with Crippen molar-refractivity contribution >= 4 is 23.8 Å². The van der Waals surface area contributed by atoms with Crippen molar-refractivity contribution < 1.29 is 33.8 Å². The van der Waals surface area contributed by atoms with Gasteiger partial charge in [0.1, 0.15) is 12.1 Å². The molecule has 0 bridgehead atoms. The average Bonchev–Trinajstić information content (AvgIpc) is 3.48. The maximum atomic E-state index is 14.9. The molecule has 2 N–H and O–H groups in total. The Morgan fingerprint density at radius 2 is 1.59 bits per heavy atom. The van der Waals surface area contributed by atoms with Crippen LogP contribution in [0, 0.1) is 56.7 Å². The Morgan fingerprint density at radius 1 is 0.882 bits per heavy atom. The molecule has 8 nitrogen and oxygen atoms in total. The van der Waals surface area contributed by atoms with Crippen molar-refractivity contribution in [2.75, 3.05) is 6.61 Å². The molecule has 8 heteroatoms. The zero-order valence-corrected chi connectivity index (χ0v) is 32.0. The summed E-state index contributed by atoms with van der Waals surface area (Å²) in [6.07, 6.45) is 7.97. The summed E-state index contributed by atoms with van der Waals surface area (Å²) in [6, 6.07) is 8.75. The second kappa shape index (κ2) is 13.4. The van der Waals surface area contributed by atoms with E-state index in [0.717, 1.165) is 62.5 Å². The molecular weight excluding hydrogens is 642 g/mol. The van der Waals surface area contributed by atoms with Crippen molar-refractivity contribution in [3.63, 3.8) is 0 Å². The van der Waals surface area contributed by atoms with E-state index in [1.165, 1.54) is 6.92 Å². The van der Waals surface area contributed by atoms with E-state index >= 15 is 0 Å². The molecule has 1 amide bonds. The summed E-state index contributed by atoms with van der Waals surface area (Å²) >= 11 is 0. The van der Waals surface area contributed by atoms with Gasteiger partial charge in [-0.3, -0.25) is 14.4 Å². The Kier molecular flexibility index (Phi) is 9.85. The van der Waals surface area contributed by atoms with Gasteiger partial charge in [0, 0.05) is 13.3 Å². The molecule has 12 atom stereocenters. The van der Waals surface area contributed by atoms with Gasteiger partial charge in [-0.05, 0) is 136 Å². The number of allylic oxidation sites excluding steroid dienone is 1. The van der Waals surface area contributed by atoms with Crippen LogP contribution in [0.2, 0.25) is 0 Å². The van der Waals surface area contributed by atoms with Crippen LogP contribution in [-0.2, 0) is 35.1 Å². The van der Waals surface area contributed by atoms with Gasteiger partial charge in [0.2, 0.25) is 5.91 Å². The average molecular weight is 704 g/mol. The second-order valence-corrected chi connectivity index (χ2v) is 18.0. The lowest BCUT2D eigenvalue weighted by molar-refractivity contribution is -0.250. The smallest absolute Gasteiger partial charge is 0.328 e. The van der Waals surface area contributed by atoms with Crippen LogP contribution in [0.4, 0.5) is 0 Å². The molecule has 5 fully saturated rings. The minimum atomic E-state index is -1.07. The quantitative estimate of drug-likeness (QED) is 0.198. The number of amides is 1. The van der Waals surface area contributed by atoms with Crippen LogP contribution < -0.4 is 5.32 Å². The number of ether oxygens (including phenoxy) is 2. The van der Waals surface area contributed by atoms with Gasteiger partial charge in [-0.1, -0.05) is 63.3 Å². The number of carboxylic acid groups (broad SMARTS) is 1. The van der Waals surface area contributed by atoms with Gasteiger partial charge in [0.15, 0.2) is 0 Å². The van der Waals surface area contributed by atoms with E-state index in [9.17, 15) is 24.3 Å². The molecule has 1 aromatic rings. The summed E-state index contributed by atoms with van der Waals surface area (Å²) in [4.78, 5) is 53.9. The van der Waals surface area contributed by atoms with E-state index in [1.54, 1.807) is 6.92 Å². The predicted molar refractivity (Wildman–Crippen MR) is 195 cm³/mol. The van der Waals surface area contributed by atoms with Crippen LogP contribution in [0.1, 0.15) is 118 Å². The van der Waals surface area contributed by atoms with Crippen LogP contribution in [0.5, 0.6) is 0 Å². The summed E-state index contributed by atoms with van der Waals surface area (Å²) < 4.78 is 11.5. The zero-order valence-electron chi connectivity index (χ0n) is 32.0. The molecule has 5 aliphatic carbocycles. The van der Waals surface area contributed by atoms with E-state index < -0.39 is 40.9 Å². The Bertz CT molecular complexity index is 1560. The van der Waals surface area contributed by atoms with Gasteiger partial charge in [-0.25, -0.2) is 4.79 Å². The number of esters is 2. The number of fused-ring (bicyclic) bond motifs is 7. The molecule has 0 aromatic heterocycles. The molecule has 0 radical (unpaired) electrons. The number of hydrogen-bond acceptors (Lipinski definition) is 6. The van der Waals surface area contributed by atoms with Crippen molar-refractivity contribution in [3.8, 4) is 0 Å². The molecule has 0 saturated heterocycles. The third kappa shape index (κ3) is 5.67. The molecule has 5 saturated carbocycles. The summed E-state index contributed by atoms with van der Waals surface area (Å²) in [7, 11) is 0. The fourth-order valence-electron chi connectivity index (χ4n) is 13.5. The van der Waals surface area contributed by atoms with Gasteiger partial charge in [0.05, 0.1) is 17.4 Å². The maximum Gasteiger partial charge on any atom is 0.328 e. The number of carboxylic acids is 1. The number of carbonyl (C=O) groups is 4. The summed E-state index contributed by atoms with van der Waals surface area (Å²) in [6.45, 7) is 19.1. The van der Waals surface area contributed by atoms with Gasteiger partial charge in [0.25, 0.3) is 0 Å². The van der Waals surface area contributed by atoms with Gasteiger partial charge >= 0.3 is 17.9 Å². The fraction of sp³-hybridized carbons (Fsp3) is 0.721. The van der Waals surface area contributed by atoms with E-state index in [1.807, 2.05) is 37.3 Å². The highest BCUT2D eigenvalue weighted by Crippen LogP contribution is 2.77. The third-order valence-corrected chi connectivity index (χ3v) is 16.1. The summed E-state index contributed by atoms with van der Waals surface area (Å²) in [5.41, 5.74) is -0.0447. The molecule has 5 aliphatic rings. The predicted octanol–water partition coefficient (Wildman–Crippen LogP) is 7.93. The van der Waals surface area contributed by atoms with Crippen molar-refractivity contribution in [2.45, 2.75) is 131 Å². The van der Waals surface area contributed by atoms with Crippen LogP contribution in [0.3, 0.4) is 0 Å². The highest BCUT2D eigenvalue weighted by Gasteiger charge is 2.73. The summed E-state index contributed by atoms with van der Waals surface area (Å²) in [5.74, 6) is -0.931. The first-order chi connectivity index (χ1) is 24.0. The highest BCUT2D eigenvalue weighted by atomic mass is 16.5. The molecule has 280 valence electrons. The van der Waals surface area contributed by atoms with Crippen molar-refractivity contribution in [3.05, 3.63) is 48.0 Å². The van der Waals surface area contributed by atoms with E-state index in [-0.39, 0.29) is 46.5 Å². The van der Waals surface area contributed by atoms with Crippen molar-refractivity contribution in [1.29, 1.82) is 0 Å². The fourth-order valence-corrected chi connectivity index (χ4v) is 13.5. The number of carbonyl (C=O) groups excluding carboxylic acids is 3. The minimum absolute atomic E-state index is 0.0539. The Balaban J connectivity index is 1.35. The molecule has 0 heterocycles. The second-order valence-electron chi connectivity index (χ2n) is 18.0. The Morgan fingerprint density at radius 3 is 2.22 bits per heavy atom. The number of hydrogen-bond donors (Lipinski definition) is 2. The van der Waals surface area contributed by atoms with Gasteiger partial charge in [-0.2, -0.15) is 0 Å². The molecule has 51 heavy (non-hydrogen) atoms. The largest absolute Gasteiger partial charge is 0.481 e. The monoisotopic (exact) mass is 703 g/mol. The lowest BCUT2D eigenvalue weighted by atomic mass is 9.32. The van der Waals surface area contributed by atoms with E-state index in [4.69, 9.17) is 9.47 Å². The highest BCUT2D eigenvalue weighted by molar-refractivity contribution is 5.89. The SMILES string of the molecule is C=C(C)[C@@H]1CC[C@]2(C(=O)O)CC[C@]3(C)[C@H](CC[C@@H]4[C@@]5(C)CC[C@@H](OC(C)=O)[C@@](C)(C(=O)N[C@@H](Cc6ccccc6)C(=O)OCC)[C@@H]5CC[C@]43C)[C@@H]12. The van der Waals surface area contributed by atoms with Crippen LogP contribution in [-0.4, -0.2) is 47.7 Å². The van der Waals surface area contributed by atoms with Crippen molar-refractivity contribution in [2.24, 2.45) is 56.7 Å². The summed E-state index contributed by atoms with van der Waals surface area (Å²) in [5, 5.41) is 13.9. The lowest BCUT2D eigenvalue weighted by Gasteiger charge is -2.72. The minimum Gasteiger partial charge on any atom is -0.481 e. The molecule has 0 unspecified atom stereocenters. The Labute approximate surface area is 304 Å².